The zero-order valence-electron chi connectivity index (χ0n) is 12.0. The topological polar surface area (TPSA) is 48.1 Å². The maximum Gasteiger partial charge on any atom is 0.345 e. The molecule has 2 aliphatic rings. The van der Waals surface area contributed by atoms with E-state index in [9.17, 15) is 4.79 Å². The molecule has 1 aromatic rings. The Labute approximate surface area is 119 Å². The molecule has 4 heteroatoms. The predicted octanol–water partition coefficient (Wildman–Crippen LogP) is 2.80. The summed E-state index contributed by atoms with van der Waals surface area (Å²) in [6.07, 6.45) is 5.27. The second-order valence-corrected chi connectivity index (χ2v) is 5.56. The van der Waals surface area contributed by atoms with Crippen LogP contribution in [0.2, 0.25) is 0 Å². The first kappa shape index (κ1) is 13.4. The molecule has 0 bridgehead atoms. The summed E-state index contributed by atoms with van der Waals surface area (Å²) in [5, 5.41) is 0. The fraction of sp³-hybridized carbons (Fsp3) is 0.562. The number of benzene rings is 1. The molecule has 1 heterocycles. The summed E-state index contributed by atoms with van der Waals surface area (Å²) < 4.78 is 16.2. The third kappa shape index (κ3) is 1.74. The van der Waals surface area contributed by atoms with E-state index in [1.165, 1.54) is 13.5 Å². The summed E-state index contributed by atoms with van der Waals surface area (Å²) >= 11 is 0. The van der Waals surface area contributed by atoms with Crippen molar-refractivity contribution in [2.75, 3.05) is 14.2 Å². The summed E-state index contributed by atoms with van der Waals surface area (Å²) in [6.45, 7) is 0. The molecule has 20 heavy (non-hydrogen) atoms. The van der Waals surface area contributed by atoms with Gasteiger partial charge < -0.3 is 14.2 Å². The van der Waals surface area contributed by atoms with E-state index in [-0.39, 0.29) is 11.6 Å². The van der Waals surface area contributed by atoms with Crippen LogP contribution < -0.4 is 4.74 Å². The molecule has 1 aromatic carbocycles. The van der Waals surface area contributed by atoms with E-state index in [2.05, 4.69) is 0 Å². The number of carbonyl (C=O) groups is 1. The largest absolute Gasteiger partial charge is 0.497 e. The molecule has 1 atom stereocenters. The highest BCUT2D eigenvalue weighted by Gasteiger charge is 2.75. The first-order chi connectivity index (χ1) is 9.68. The van der Waals surface area contributed by atoms with E-state index in [0.29, 0.717) is 0 Å². The van der Waals surface area contributed by atoms with Crippen LogP contribution in [0.25, 0.3) is 0 Å². The first-order valence-electron chi connectivity index (χ1n) is 7.12. The fourth-order valence-electron chi connectivity index (χ4n) is 3.48. The van der Waals surface area contributed by atoms with Crippen molar-refractivity contribution in [3.8, 4) is 5.75 Å². The summed E-state index contributed by atoms with van der Waals surface area (Å²) in [7, 11) is 3.05. The van der Waals surface area contributed by atoms with Crippen molar-refractivity contribution in [1.29, 1.82) is 0 Å². The van der Waals surface area contributed by atoms with Gasteiger partial charge in [0.25, 0.3) is 0 Å². The Kier molecular flexibility index (Phi) is 3.21. The van der Waals surface area contributed by atoms with Crippen LogP contribution in [0.3, 0.4) is 0 Å². The molecule has 1 aliphatic carbocycles. The molecule has 1 saturated carbocycles. The van der Waals surface area contributed by atoms with Crippen molar-refractivity contribution in [2.45, 2.75) is 43.3 Å². The molecule has 2 fully saturated rings. The Balaban J connectivity index is 1.97. The second kappa shape index (κ2) is 4.77. The van der Waals surface area contributed by atoms with Crippen molar-refractivity contribution in [3.63, 3.8) is 0 Å². The van der Waals surface area contributed by atoms with Gasteiger partial charge in [-0.25, -0.2) is 4.79 Å². The summed E-state index contributed by atoms with van der Waals surface area (Å²) in [6, 6.07) is 7.52. The summed E-state index contributed by atoms with van der Waals surface area (Å²) in [5.41, 5.74) is -0.395. The van der Waals surface area contributed by atoms with E-state index in [0.717, 1.165) is 37.0 Å². The lowest BCUT2D eigenvalue weighted by Gasteiger charge is -2.22. The number of epoxide rings is 1. The van der Waals surface area contributed by atoms with Gasteiger partial charge in [-0.2, -0.15) is 0 Å². The van der Waals surface area contributed by atoms with E-state index in [1.807, 2.05) is 24.3 Å². The molecular formula is C16H20O4. The molecule has 0 radical (unpaired) electrons. The van der Waals surface area contributed by atoms with Gasteiger partial charge in [-0.1, -0.05) is 31.4 Å². The van der Waals surface area contributed by atoms with Gasteiger partial charge in [0.2, 0.25) is 5.60 Å². The smallest absolute Gasteiger partial charge is 0.345 e. The quantitative estimate of drug-likeness (QED) is 0.629. The molecule has 0 aromatic heterocycles. The molecule has 1 aliphatic heterocycles. The number of hydrogen-bond acceptors (Lipinski definition) is 4. The molecule has 108 valence electrons. The molecule has 3 rings (SSSR count). The van der Waals surface area contributed by atoms with Crippen molar-refractivity contribution >= 4 is 5.97 Å². The normalized spacial score (nSPS) is 27.1. The zero-order valence-corrected chi connectivity index (χ0v) is 12.0. The third-order valence-corrected chi connectivity index (χ3v) is 4.58. The lowest BCUT2D eigenvalue weighted by molar-refractivity contribution is -0.147. The first-order valence-corrected chi connectivity index (χ1v) is 7.12. The van der Waals surface area contributed by atoms with Crippen molar-refractivity contribution < 1.29 is 19.0 Å². The van der Waals surface area contributed by atoms with Crippen molar-refractivity contribution in [2.24, 2.45) is 0 Å². The number of hydrogen-bond donors (Lipinski definition) is 0. The summed E-state index contributed by atoms with van der Waals surface area (Å²) in [5.74, 6) is 0.483. The summed E-state index contributed by atoms with van der Waals surface area (Å²) in [4.78, 5) is 12.3. The van der Waals surface area contributed by atoms with E-state index in [1.54, 1.807) is 7.11 Å². The van der Waals surface area contributed by atoms with Gasteiger partial charge in [-0.3, -0.25) is 0 Å². The Morgan fingerprint density at radius 2 is 1.75 bits per heavy atom. The molecule has 4 nitrogen and oxygen atoms in total. The SMILES string of the molecule is COC(=O)C1(c2ccc(OC)cc2)OC12CCCCC2. The molecular weight excluding hydrogens is 256 g/mol. The highest BCUT2D eigenvalue weighted by Crippen LogP contribution is 2.63. The number of methoxy groups -OCH3 is 2. The Bertz CT molecular complexity index is 502. The van der Waals surface area contributed by atoms with Gasteiger partial charge in [0.15, 0.2) is 0 Å². The average molecular weight is 276 g/mol. The van der Waals surface area contributed by atoms with E-state index in [4.69, 9.17) is 14.2 Å². The highest BCUT2D eigenvalue weighted by atomic mass is 16.7. The monoisotopic (exact) mass is 276 g/mol. The van der Waals surface area contributed by atoms with E-state index >= 15 is 0 Å². The number of rotatable bonds is 3. The lowest BCUT2D eigenvalue weighted by atomic mass is 9.77. The van der Waals surface area contributed by atoms with Gasteiger partial charge >= 0.3 is 5.97 Å². The average Bonchev–Trinajstić information content (AvgIpc) is 3.16. The number of esters is 1. The van der Waals surface area contributed by atoms with Gasteiger partial charge in [0.05, 0.1) is 14.2 Å². The van der Waals surface area contributed by atoms with Gasteiger partial charge in [-0.15, -0.1) is 0 Å². The Hall–Kier alpha value is -1.55. The second-order valence-electron chi connectivity index (χ2n) is 5.56. The molecule has 0 amide bonds. The Morgan fingerprint density at radius 1 is 1.10 bits per heavy atom. The maximum absolute atomic E-state index is 12.3. The van der Waals surface area contributed by atoms with Crippen LogP contribution in [-0.2, 0) is 19.9 Å². The van der Waals surface area contributed by atoms with Gasteiger partial charge in [0, 0.05) is 0 Å². The zero-order chi connectivity index (χ0) is 14.2. The third-order valence-electron chi connectivity index (χ3n) is 4.58. The number of carbonyl (C=O) groups excluding carboxylic acids is 1. The van der Waals surface area contributed by atoms with Crippen LogP contribution in [0.15, 0.2) is 24.3 Å². The predicted molar refractivity (Wildman–Crippen MR) is 73.6 cm³/mol. The number of ether oxygens (including phenoxy) is 3. The minimum absolute atomic E-state index is 0.287. The van der Waals surface area contributed by atoms with Crippen LogP contribution in [0.4, 0.5) is 0 Å². The van der Waals surface area contributed by atoms with Crippen LogP contribution in [0, 0.1) is 0 Å². The lowest BCUT2D eigenvalue weighted by Crippen LogP contribution is -2.34. The van der Waals surface area contributed by atoms with Gasteiger partial charge in [0.1, 0.15) is 11.4 Å². The molecule has 1 spiro atoms. The fourth-order valence-corrected chi connectivity index (χ4v) is 3.48. The van der Waals surface area contributed by atoms with Crippen LogP contribution >= 0.6 is 0 Å². The van der Waals surface area contributed by atoms with Crippen molar-refractivity contribution in [1.82, 2.24) is 0 Å². The van der Waals surface area contributed by atoms with Crippen LogP contribution in [0.5, 0.6) is 5.75 Å². The van der Waals surface area contributed by atoms with Crippen LogP contribution in [-0.4, -0.2) is 25.8 Å². The standard InChI is InChI=1S/C16H20O4/c1-18-13-8-6-12(7-9-13)16(14(17)19-2)15(20-16)10-4-3-5-11-15/h6-9H,3-5,10-11H2,1-2H3. The molecule has 0 N–H and O–H groups in total. The molecule has 1 saturated heterocycles. The van der Waals surface area contributed by atoms with Gasteiger partial charge in [-0.05, 0) is 30.5 Å². The minimum Gasteiger partial charge on any atom is -0.497 e. The van der Waals surface area contributed by atoms with E-state index < -0.39 is 5.60 Å². The van der Waals surface area contributed by atoms with Crippen molar-refractivity contribution in [3.05, 3.63) is 29.8 Å². The van der Waals surface area contributed by atoms with Crippen LogP contribution in [0.1, 0.15) is 37.7 Å². The maximum atomic E-state index is 12.3. The Morgan fingerprint density at radius 3 is 2.30 bits per heavy atom. The minimum atomic E-state index is -0.908. The highest BCUT2D eigenvalue weighted by molar-refractivity contribution is 5.86. The molecule has 1 unspecified atom stereocenters.